The number of benzene rings is 2. The van der Waals surface area contributed by atoms with Gasteiger partial charge in [0.2, 0.25) is 5.28 Å². The molecule has 4 aromatic rings. The number of anilines is 1. The van der Waals surface area contributed by atoms with Gasteiger partial charge in [-0.1, -0.05) is 42.5 Å². The van der Waals surface area contributed by atoms with Gasteiger partial charge >= 0.3 is 11.9 Å². The van der Waals surface area contributed by atoms with Gasteiger partial charge in [-0.05, 0) is 34.4 Å². The molecule has 18 heteroatoms. The minimum Gasteiger partial charge on any atom is -0.479 e. The van der Waals surface area contributed by atoms with Gasteiger partial charge in [0.25, 0.3) is 0 Å². The van der Waals surface area contributed by atoms with Gasteiger partial charge in [-0.2, -0.15) is 21.0 Å². The molecule has 5 atom stereocenters. The third-order valence-electron chi connectivity index (χ3n) is 7.75. The Morgan fingerprint density at radius 2 is 1.76 bits per heavy atom. The van der Waals surface area contributed by atoms with Gasteiger partial charge in [0, 0.05) is 6.42 Å². The van der Waals surface area contributed by atoms with E-state index in [9.17, 15) is 30.0 Å². The summed E-state index contributed by atoms with van der Waals surface area (Å²) in [4.78, 5) is 36.7. The zero-order valence-corrected chi connectivity index (χ0v) is 23.9. The van der Waals surface area contributed by atoms with Gasteiger partial charge in [-0.15, -0.1) is 0 Å². The molecule has 2 saturated heterocycles. The summed E-state index contributed by atoms with van der Waals surface area (Å²) in [6.07, 6.45) is -5.21. The molecule has 10 N–H and O–H groups in total. The Morgan fingerprint density at radius 3 is 2.44 bits per heavy atom. The molecular formula is C27H28ClN9O8. The number of imidazole rings is 1. The van der Waals surface area contributed by atoms with Crippen LogP contribution in [0, 0.1) is 0 Å². The van der Waals surface area contributed by atoms with Gasteiger partial charge in [0.1, 0.15) is 30.0 Å². The average molecular weight is 642 g/mol. The molecule has 0 aliphatic carbocycles. The highest BCUT2D eigenvalue weighted by Crippen LogP contribution is 2.34. The number of aromatic nitrogens is 4. The third kappa shape index (κ3) is 5.68. The average Bonchev–Trinajstić information content (AvgIpc) is 3.77. The molecule has 2 aromatic carbocycles. The number of ether oxygens (including phenoxy) is 2. The fraction of sp³-hybridized carbons (Fsp3) is 0.296. The fourth-order valence-corrected chi connectivity index (χ4v) is 5.61. The number of nitrogens with one attached hydrogen (secondary N) is 4. The first kappa shape index (κ1) is 30.7. The number of hydrogen-bond donors (Lipinski definition) is 9. The number of halogens is 1. The molecule has 4 heterocycles. The van der Waals surface area contributed by atoms with E-state index in [0.29, 0.717) is 16.7 Å². The molecule has 45 heavy (non-hydrogen) atoms. The molecule has 0 spiro atoms. The second-order valence-electron chi connectivity index (χ2n) is 10.4. The normalized spacial score (nSPS) is 23.4. The number of hydrazine groups is 3. The molecule has 2 aromatic heterocycles. The Morgan fingerprint density at radius 1 is 1.04 bits per heavy atom. The summed E-state index contributed by atoms with van der Waals surface area (Å²) in [7, 11) is 0. The van der Waals surface area contributed by atoms with E-state index in [2.05, 4.69) is 36.9 Å². The first-order valence-corrected chi connectivity index (χ1v) is 13.9. The predicted molar refractivity (Wildman–Crippen MR) is 156 cm³/mol. The van der Waals surface area contributed by atoms with Crippen LogP contribution in [0.1, 0.15) is 22.1 Å². The first-order valence-electron chi connectivity index (χ1n) is 13.6. The molecule has 1 unspecified atom stereocenters. The summed E-state index contributed by atoms with van der Waals surface area (Å²) in [5.41, 5.74) is 16.8. The summed E-state index contributed by atoms with van der Waals surface area (Å²) in [5, 5.41) is 41.7. The Kier molecular flexibility index (Phi) is 8.35. The predicted octanol–water partition coefficient (Wildman–Crippen LogP) is -0.428. The van der Waals surface area contributed by atoms with Gasteiger partial charge in [0.05, 0.1) is 18.5 Å². The maximum Gasteiger partial charge on any atom is 0.339 e. The number of nitrogens with two attached hydrogens (primary N) is 1. The topological polar surface area (TPSA) is 251 Å². The van der Waals surface area contributed by atoms with E-state index < -0.39 is 54.9 Å². The summed E-state index contributed by atoms with van der Waals surface area (Å²) in [6.45, 7) is -0.449. The molecule has 236 valence electrons. The van der Waals surface area contributed by atoms with Crippen LogP contribution < -0.4 is 27.7 Å². The monoisotopic (exact) mass is 641 g/mol. The zero-order chi connectivity index (χ0) is 31.9. The van der Waals surface area contributed by atoms with Crippen LogP contribution in [0.2, 0.25) is 5.28 Å². The molecule has 0 radical (unpaired) electrons. The number of hydrogen-bond acceptors (Lipinski definition) is 14. The SMILES string of the molecule is Nc1nc(Cl)nc2c1ncn2[C@@H]1O[C@H](COC(Cc2ccc(-c3ccccc3C(=O)O)cc2)(C(=O)O)C2NNNN2)[C@@H](O)[C@H]1O. The highest BCUT2D eigenvalue weighted by molar-refractivity contribution is 6.28. The first-order chi connectivity index (χ1) is 21.6. The van der Waals surface area contributed by atoms with Crippen molar-refractivity contribution in [1.29, 1.82) is 0 Å². The second kappa shape index (κ2) is 12.2. The van der Waals surface area contributed by atoms with Gasteiger partial charge < -0.3 is 35.6 Å². The standard InChI is InChI=1S/C27H28ClN9O8/c28-26-31-20(29)17-21(32-26)37(11-30-17)22-19(39)18(38)16(45-22)10-44-27(25(42)43,24-33-35-36-34-24)9-12-5-7-13(8-6-12)14-3-1-2-4-15(14)23(40)41/h1-8,11,16,18-19,22,24,33-36,38-39H,9-10H2,(H,40,41)(H,42,43)(H2,29,31,32)/t16-,18-,19-,22-,27?/m1/s1. The number of aliphatic hydroxyl groups excluding tert-OH is 2. The molecule has 2 fully saturated rings. The Hall–Kier alpha value is -4.30. The van der Waals surface area contributed by atoms with Crippen LogP contribution in [0.25, 0.3) is 22.3 Å². The van der Waals surface area contributed by atoms with E-state index >= 15 is 0 Å². The van der Waals surface area contributed by atoms with Gasteiger partial charge in [-0.25, -0.2) is 25.4 Å². The number of fused-ring (bicyclic) bond motifs is 1. The van der Waals surface area contributed by atoms with E-state index in [4.69, 9.17) is 26.8 Å². The maximum atomic E-state index is 12.9. The highest BCUT2D eigenvalue weighted by Gasteiger charge is 2.52. The van der Waals surface area contributed by atoms with Crippen LogP contribution in [-0.2, 0) is 20.7 Å². The summed E-state index contributed by atoms with van der Waals surface area (Å²) >= 11 is 5.95. The number of rotatable bonds is 10. The Bertz CT molecular complexity index is 1740. The Balaban J connectivity index is 1.24. The molecule has 2 aliphatic heterocycles. The van der Waals surface area contributed by atoms with Crippen LogP contribution in [-0.4, -0.2) is 88.6 Å². The third-order valence-corrected chi connectivity index (χ3v) is 7.92. The van der Waals surface area contributed by atoms with E-state index in [1.54, 1.807) is 42.5 Å². The zero-order valence-electron chi connectivity index (χ0n) is 23.2. The van der Waals surface area contributed by atoms with Crippen molar-refractivity contribution < 1.29 is 39.5 Å². The number of carbonyl (C=O) groups is 2. The van der Waals surface area contributed by atoms with Crippen molar-refractivity contribution in [1.82, 2.24) is 41.4 Å². The van der Waals surface area contributed by atoms with Crippen molar-refractivity contribution in [3.63, 3.8) is 0 Å². The number of aliphatic carboxylic acids is 1. The quantitative estimate of drug-likeness (QED) is 0.0996. The van der Waals surface area contributed by atoms with Crippen molar-refractivity contribution >= 4 is 40.5 Å². The lowest BCUT2D eigenvalue weighted by atomic mass is 9.90. The molecule has 0 amide bonds. The van der Waals surface area contributed by atoms with E-state index in [-0.39, 0.29) is 34.2 Å². The lowest BCUT2D eigenvalue weighted by molar-refractivity contribution is -0.180. The molecule has 0 saturated carbocycles. The number of nitrogens with zero attached hydrogens (tertiary/aromatic N) is 4. The van der Waals surface area contributed by atoms with Crippen molar-refractivity contribution in [2.24, 2.45) is 0 Å². The van der Waals surface area contributed by atoms with Crippen molar-refractivity contribution in [2.75, 3.05) is 12.3 Å². The number of nitrogen functional groups attached to an aromatic ring is 1. The van der Waals surface area contributed by atoms with Crippen molar-refractivity contribution in [2.45, 2.75) is 42.7 Å². The number of aliphatic hydroxyl groups is 2. The number of carboxylic acid groups (broad SMARTS) is 2. The minimum atomic E-state index is -1.99. The number of aromatic carboxylic acids is 1. The molecular weight excluding hydrogens is 614 g/mol. The molecule has 0 bridgehead atoms. The van der Waals surface area contributed by atoms with Crippen LogP contribution in [0.5, 0.6) is 0 Å². The van der Waals surface area contributed by atoms with E-state index in [1.807, 2.05) is 0 Å². The smallest absolute Gasteiger partial charge is 0.339 e. The van der Waals surface area contributed by atoms with Crippen molar-refractivity contribution in [3.05, 3.63) is 71.3 Å². The summed E-state index contributed by atoms with van der Waals surface area (Å²) in [5.74, 6) is -2.40. The molecule has 2 aliphatic rings. The van der Waals surface area contributed by atoms with Crippen LogP contribution in [0.15, 0.2) is 54.9 Å². The summed E-state index contributed by atoms with van der Waals surface area (Å²) in [6, 6.07) is 13.3. The number of carboxylic acids is 2. The van der Waals surface area contributed by atoms with Crippen LogP contribution >= 0.6 is 11.6 Å². The van der Waals surface area contributed by atoms with Gasteiger partial charge in [0.15, 0.2) is 23.3 Å². The van der Waals surface area contributed by atoms with Crippen molar-refractivity contribution in [3.8, 4) is 11.1 Å². The highest BCUT2D eigenvalue weighted by atomic mass is 35.5. The maximum absolute atomic E-state index is 12.9. The van der Waals surface area contributed by atoms with Gasteiger partial charge in [-0.3, -0.25) is 4.57 Å². The lowest BCUT2D eigenvalue weighted by Gasteiger charge is -2.35. The largest absolute Gasteiger partial charge is 0.479 e. The van der Waals surface area contributed by atoms with E-state index in [1.165, 1.54) is 17.0 Å². The van der Waals surface area contributed by atoms with Crippen LogP contribution in [0.3, 0.4) is 0 Å². The lowest BCUT2D eigenvalue weighted by Crippen LogP contribution is -2.63. The summed E-state index contributed by atoms with van der Waals surface area (Å²) < 4.78 is 13.4. The van der Waals surface area contributed by atoms with E-state index in [0.717, 1.165) is 0 Å². The second-order valence-corrected chi connectivity index (χ2v) is 10.8. The minimum absolute atomic E-state index is 0.0146. The molecule has 17 nitrogen and oxygen atoms in total. The Labute approximate surface area is 258 Å². The molecule has 6 rings (SSSR count). The fourth-order valence-electron chi connectivity index (χ4n) is 5.43. The van der Waals surface area contributed by atoms with Crippen LogP contribution in [0.4, 0.5) is 5.82 Å².